The molecule has 0 heterocycles. The number of hydrogen-bond acceptors (Lipinski definition) is 4. The van der Waals surface area contributed by atoms with Gasteiger partial charge in [-0.05, 0) is 37.3 Å². The van der Waals surface area contributed by atoms with Crippen LogP contribution in [0.15, 0.2) is 47.4 Å². The van der Waals surface area contributed by atoms with E-state index in [2.05, 4.69) is 5.32 Å². The summed E-state index contributed by atoms with van der Waals surface area (Å²) in [4.78, 5) is 23.5. The highest BCUT2D eigenvalue weighted by Crippen LogP contribution is 2.23. The minimum absolute atomic E-state index is 0.0580. The summed E-state index contributed by atoms with van der Waals surface area (Å²) in [6.07, 6.45) is 1.02. The summed E-state index contributed by atoms with van der Waals surface area (Å²) in [6, 6.07) is 10.5. The molecule has 120 valence electrons. The smallest absolute Gasteiger partial charge is 0.255 e. The summed E-state index contributed by atoms with van der Waals surface area (Å²) >= 11 is 5.85. The van der Waals surface area contributed by atoms with Crippen LogP contribution >= 0.6 is 11.6 Å². The van der Waals surface area contributed by atoms with Gasteiger partial charge in [0, 0.05) is 23.1 Å². The number of carbonyl (C=O) groups excluding carboxylic acids is 2. The highest BCUT2D eigenvalue weighted by Gasteiger charge is 2.16. The molecule has 1 amide bonds. The molecule has 0 aliphatic rings. The van der Waals surface area contributed by atoms with Crippen LogP contribution in [0.1, 0.15) is 27.6 Å². The van der Waals surface area contributed by atoms with Gasteiger partial charge in [0.2, 0.25) is 0 Å². The number of rotatable bonds is 4. The first-order valence-corrected chi connectivity index (χ1v) is 8.87. The van der Waals surface area contributed by atoms with Gasteiger partial charge < -0.3 is 5.32 Å². The van der Waals surface area contributed by atoms with Crippen LogP contribution in [0.25, 0.3) is 0 Å². The zero-order valence-electron chi connectivity index (χ0n) is 12.5. The second-order valence-electron chi connectivity index (χ2n) is 5.01. The van der Waals surface area contributed by atoms with Gasteiger partial charge in [0.1, 0.15) is 0 Å². The number of sulfone groups is 1. The van der Waals surface area contributed by atoms with Crippen LogP contribution in [0.4, 0.5) is 5.69 Å². The lowest BCUT2D eigenvalue weighted by Crippen LogP contribution is -2.13. The molecule has 0 spiro atoms. The Morgan fingerprint density at radius 3 is 2.35 bits per heavy atom. The summed E-state index contributed by atoms with van der Waals surface area (Å²) < 4.78 is 23.3. The van der Waals surface area contributed by atoms with Crippen molar-refractivity contribution in [2.24, 2.45) is 0 Å². The number of hydrogen-bond donors (Lipinski definition) is 1. The number of nitrogens with one attached hydrogen (secondary N) is 1. The van der Waals surface area contributed by atoms with Gasteiger partial charge in [-0.25, -0.2) is 8.42 Å². The van der Waals surface area contributed by atoms with Crippen LogP contribution in [0, 0.1) is 0 Å². The predicted octanol–water partition coefficient (Wildman–Crippen LogP) is 3.20. The first-order valence-electron chi connectivity index (χ1n) is 6.60. The zero-order valence-corrected chi connectivity index (χ0v) is 14.0. The number of ketones is 1. The average Bonchev–Trinajstić information content (AvgIpc) is 2.46. The summed E-state index contributed by atoms with van der Waals surface area (Å²) in [7, 11) is -3.54. The zero-order chi connectivity index (χ0) is 17.2. The Morgan fingerprint density at radius 1 is 1.04 bits per heavy atom. The lowest BCUT2D eigenvalue weighted by atomic mass is 10.1. The van der Waals surface area contributed by atoms with Crippen molar-refractivity contribution in [3.05, 3.63) is 58.6 Å². The molecular weight excluding hydrogens is 338 g/mol. The maximum absolute atomic E-state index is 12.3. The Bertz CT molecular complexity index is 891. The third-order valence-corrected chi connectivity index (χ3v) is 4.70. The molecule has 0 atom stereocenters. The van der Waals surface area contributed by atoms with Crippen LogP contribution < -0.4 is 5.32 Å². The van der Waals surface area contributed by atoms with Gasteiger partial charge >= 0.3 is 0 Å². The third-order valence-electron chi connectivity index (χ3n) is 3.12. The fraction of sp³-hybridized carbons (Fsp3) is 0.125. The highest BCUT2D eigenvalue weighted by molar-refractivity contribution is 7.90. The SMILES string of the molecule is CC(=O)c1cccc(NC(=O)c2ccc(Cl)c(S(C)(=O)=O)c2)c1. The van der Waals surface area contributed by atoms with Crippen molar-refractivity contribution in [1.29, 1.82) is 0 Å². The molecule has 5 nitrogen and oxygen atoms in total. The molecule has 2 aromatic carbocycles. The van der Waals surface area contributed by atoms with Crippen molar-refractivity contribution >= 4 is 38.8 Å². The number of anilines is 1. The Hall–Kier alpha value is -2.18. The van der Waals surface area contributed by atoms with Gasteiger partial charge in [0.25, 0.3) is 5.91 Å². The van der Waals surface area contributed by atoms with E-state index in [0.717, 1.165) is 6.26 Å². The molecule has 0 saturated heterocycles. The third kappa shape index (κ3) is 4.18. The fourth-order valence-electron chi connectivity index (χ4n) is 1.95. The Balaban J connectivity index is 2.32. The number of benzene rings is 2. The quantitative estimate of drug-likeness (QED) is 0.858. The van der Waals surface area contributed by atoms with E-state index in [1.165, 1.54) is 25.1 Å². The molecule has 2 aromatic rings. The average molecular weight is 352 g/mol. The molecule has 0 saturated carbocycles. The van der Waals surface area contributed by atoms with Gasteiger partial charge in [-0.1, -0.05) is 23.7 Å². The predicted molar refractivity (Wildman–Crippen MR) is 89.0 cm³/mol. The van der Waals surface area contributed by atoms with Gasteiger partial charge in [-0.3, -0.25) is 9.59 Å². The molecular formula is C16H14ClNO4S. The summed E-state index contributed by atoms with van der Waals surface area (Å²) in [5, 5.41) is 2.68. The number of amides is 1. The number of halogens is 1. The molecule has 0 unspecified atom stereocenters. The molecule has 23 heavy (non-hydrogen) atoms. The summed E-state index contributed by atoms with van der Waals surface area (Å²) in [5.41, 5.74) is 1.07. The normalized spacial score (nSPS) is 11.1. The lowest BCUT2D eigenvalue weighted by Gasteiger charge is -2.08. The van der Waals surface area contributed by atoms with Gasteiger partial charge in [0.05, 0.1) is 9.92 Å². The Morgan fingerprint density at radius 2 is 1.74 bits per heavy atom. The van der Waals surface area contributed by atoms with E-state index in [1.54, 1.807) is 24.3 Å². The lowest BCUT2D eigenvalue weighted by molar-refractivity contribution is 0.101. The molecule has 0 radical (unpaired) electrons. The van der Waals surface area contributed by atoms with Crippen LogP contribution in [0.3, 0.4) is 0 Å². The maximum atomic E-state index is 12.3. The van der Waals surface area contributed by atoms with E-state index in [-0.39, 0.29) is 21.3 Å². The van der Waals surface area contributed by atoms with E-state index >= 15 is 0 Å². The second kappa shape index (κ2) is 6.52. The molecule has 0 fully saturated rings. The molecule has 7 heteroatoms. The van der Waals surface area contributed by atoms with E-state index in [4.69, 9.17) is 11.6 Å². The van der Waals surface area contributed by atoms with Crippen LogP contribution in [0.5, 0.6) is 0 Å². The first-order chi connectivity index (χ1) is 10.7. The van der Waals surface area contributed by atoms with Gasteiger partial charge in [-0.15, -0.1) is 0 Å². The molecule has 0 bridgehead atoms. The van der Waals surface area contributed by atoms with Crippen molar-refractivity contribution in [2.75, 3.05) is 11.6 Å². The maximum Gasteiger partial charge on any atom is 0.255 e. The number of Topliss-reactive ketones (excluding diaryl/α,β-unsaturated/α-hetero) is 1. The van der Waals surface area contributed by atoms with Crippen molar-refractivity contribution in [1.82, 2.24) is 0 Å². The molecule has 2 rings (SSSR count). The van der Waals surface area contributed by atoms with Crippen molar-refractivity contribution in [3.63, 3.8) is 0 Å². The second-order valence-corrected chi connectivity index (χ2v) is 7.40. The van der Waals surface area contributed by atoms with Crippen LogP contribution in [-0.2, 0) is 9.84 Å². The summed E-state index contributed by atoms with van der Waals surface area (Å²) in [5.74, 6) is -0.612. The van der Waals surface area contributed by atoms with Crippen molar-refractivity contribution in [3.8, 4) is 0 Å². The molecule has 0 aromatic heterocycles. The molecule has 0 aliphatic carbocycles. The summed E-state index contributed by atoms with van der Waals surface area (Å²) in [6.45, 7) is 1.43. The monoisotopic (exact) mass is 351 g/mol. The Kier molecular flexibility index (Phi) is 4.87. The van der Waals surface area contributed by atoms with Crippen molar-refractivity contribution in [2.45, 2.75) is 11.8 Å². The van der Waals surface area contributed by atoms with E-state index in [0.29, 0.717) is 11.3 Å². The topological polar surface area (TPSA) is 80.3 Å². The highest BCUT2D eigenvalue weighted by atomic mass is 35.5. The van der Waals surface area contributed by atoms with Crippen molar-refractivity contribution < 1.29 is 18.0 Å². The largest absolute Gasteiger partial charge is 0.322 e. The van der Waals surface area contributed by atoms with E-state index < -0.39 is 15.7 Å². The van der Waals surface area contributed by atoms with E-state index in [9.17, 15) is 18.0 Å². The Labute approximate surface area is 139 Å². The van der Waals surface area contributed by atoms with Gasteiger partial charge in [0.15, 0.2) is 15.6 Å². The van der Waals surface area contributed by atoms with Gasteiger partial charge in [-0.2, -0.15) is 0 Å². The fourth-order valence-corrected chi connectivity index (χ4v) is 3.25. The number of carbonyl (C=O) groups is 2. The minimum Gasteiger partial charge on any atom is -0.322 e. The minimum atomic E-state index is -3.54. The molecule has 0 aliphatic heterocycles. The standard InChI is InChI=1S/C16H14ClNO4S/c1-10(19)11-4-3-5-13(8-11)18-16(20)12-6-7-14(17)15(9-12)23(2,21)22/h3-9H,1-2H3,(H,18,20). The first kappa shape index (κ1) is 17.2. The molecule has 1 N–H and O–H groups in total. The van der Waals surface area contributed by atoms with E-state index in [1.807, 2.05) is 0 Å². The van der Waals surface area contributed by atoms with Crippen LogP contribution in [-0.4, -0.2) is 26.4 Å². The van der Waals surface area contributed by atoms with Crippen LogP contribution in [0.2, 0.25) is 5.02 Å².